The van der Waals surface area contributed by atoms with Crippen LogP contribution in [0.5, 0.6) is 0 Å². The lowest BCUT2D eigenvalue weighted by Crippen LogP contribution is -2.43. The van der Waals surface area contributed by atoms with Gasteiger partial charge in [-0.05, 0) is 44.2 Å². The monoisotopic (exact) mass is 438 g/mol. The minimum Gasteiger partial charge on any atom is -0.388 e. The van der Waals surface area contributed by atoms with E-state index in [4.69, 9.17) is 11.6 Å². The number of nitrogens with zero attached hydrogens (tertiary/aromatic N) is 2. The molecule has 0 saturated heterocycles. The Morgan fingerprint density at radius 3 is 2.73 bits per heavy atom. The molecule has 1 saturated carbocycles. The van der Waals surface area contributed by atoms with Crippen LogP contribution in [-0.4, -0.2) is 41.3 Å². The lowest BCUT2D eigenvalue weighted by atomic mass is 9.80. The molecule has 7 heteroatoms. The summed E-state index contributed by atoms with van der Waals surface area (Å²) in [7, 11) is 0. The number of pyridine rings is 1. The van der Waals surface area contributed by atoms with E-state index in [0.717, 1.165) is 50.3 Å². The van der Waals surface area contributed by atoms with E-state index >= 15 is 0 Å². The summed E-state index contributed by atoms with van der Waals surface area (Å²) in [6.07, 6.45) is 5.43. The van der Waals surface area contributed by atoms with Crippen LogP contribution in [-0.2, 0) is 6.42 Å². The van der Waals surface area contributed by atoms with Crippen molar-refractivity contribution in [2.75, 3.05) is 19.6 Å². The van der Waals surface area contributed by atoms with Crippen LogP contribution in [0.2, 0.25) is 5.15 Å². The molecule has 1 aromatic rings. The van der Waals surface area contributed by atoms with Gasteiger partial charge in [-0.2, -0.15) is 0 Å². The summed E-state index contributed by atoms with van der Waals surface area (Å²) in [4.78, 5) is 8.52. The van der Waals surface area contributed by atoms with Gasteiger partial charge in [0.25, 0.3) is 0 Å². The number of aromatic nitrogens is 1. The molecular formula is C15H24ClIN4O. The second kappa shape index (κ2) is 9.52. The van der Waals surface area contributed by atoms with Gasteiger partial charge in [0.1, 0.15) is 5.15 Å². The first-order valence-electron chi connectivity index (χ1n) is 7.46. The van der Waals surface area contributed by atoms with E-state index in [-0.39, 0.29) is 24.0 Å². The van der Waals surface area contributed by atoms with Crippen molar-refractivity contribution < 1.29 is 5.11 Å². The zero-order valence-corrected chi connectivity index (χ0v) is 15.9. The third-order valence-electron chi connectivity index (χ3n) is 3.65. The Kier molecular flexibility index (Phi) is 8.41. The van der Waals surface area contributed by atoms with E-state index in [1.165, 1.54) is 0 Å². The molecule has 0 aliphatic heterocycles. The molecular weight excluding hydrogens is 415 g/mol. The standard InChI is InChI=1S/C15H23ClN4O.HI/c1-2-17-14(20-11-15(21)7-3-8-15)18-9-6-12-4-5-13(16)19-10-12;/h4-5,10,21H,2-3,6-9,11H2,1H3,(H2,17,18,20);1H. The molecule has 124 valence electrons. The Morgan fingerprint density at radius 2 is 2.18 bits per heavy atom. The third kappa shape index (κ3) is 6.26. The predicted molar refractivity (Wildman–Crippen MR) is 101 cm³/mol. The van der Waals surface area contributed by atoms with E-state index in [0.29, 0.717) is 11.7 Å². The van der Waals surface area contributed by atoms with Gasteiger partial charge >= 0.3 is 0 Å². The molecule has 1 heterocycles. The molecule has 1 fully saturated rings. The summed E-state index contributed by atoms with van der Waals surface area (Å²) in [6.45, 7) is 4.05. The summed E-state index contributed by atoms with van der Waals surface area (Å²) in [5.41, 5.74) is 0.544. The van der Waals surface area contributed by atoms with Gasteiger partial charge in [-0.15, -0.1) is 24.0 Å². The number of hydrogen-bond acceptors (Lipinski definition) is 3. The second-order valence-corrected chi connectivity index (χ2v) is 5.83. The van der Waals surface area contributed by atoms with Crippen molar-refractivity contribution in [2.24, 2.45) is 4.99 Å². The molecule has 2 rings (SSSR count). The van der Waals surface area contributed by atoms with E-state index in [9.17, 15) is 5.11 Å². The summed E-state index contributed by atoms with van der Waals surface area (Å²) in [5, 5.41) is 17.0. The van der Waals surface area contributed by atoms with Crippen molar-refractivity contribution >= 4 is 41.5 Å². The molecule has 22 heavy (non-hydrogen) atoms. The Labute approximate surface area is 154 Å². The highest BCUT2D eigenvalue weighted by Gasteiger charge is 2.34. The van der Waals surface area contributed by atoms with E-state index < -0.39 is 5.60 Å². The zero-order valence-electron chi connectivity index (χ0n) is 12.8. The van der Waals surface area contributed by atoms with Crippen LogP contribution in [0.1, 0.15) is 31.7 Å². The Bertz CT molecular complexity index is 477. The van der Waals surface area contributed by atoms with Crippen molar-refractivity contribution in [3.8, 4) is 0 Å². The Balaban J connectivity index is 0.00000242. The smallest absolute Gasteiger partial charge is 0.191 e. The number of aliphatic hydroxyl groups is 1. The quantitative estimate of drug-likeness (QED) is 0.276. The minimum atomic E-state index is -0.581. The number of rotatable bonds is 6. The van der Waals surface area contributed by atoms with Crippen LogP contribution < -0.4 is 10.6 Å². The molecule has 1 aliphatic carbocycles. The highest BCUT2D eigenvalue weighted by molar-refractivity contribution is 14.0. The average molecular weight is 439 g/mol. The molecule has 0 bridgehead atoms. The van der Waals surface area contributed by atoms with Crippen LogP contribution in [0.3, 0.4) is 0 Å². The molecule has 1 aromatic heterocycles. The molecule has 0 atom stereocenters. The SMILES string of the molecule is CCNC(=NCC1(O)CCC1)NCCc1ccc(Cl)nc1.I. The second-order valence-electron chi connectivity index (χ2n) is 5.44. The van der Waals surface area contributed by atoms with Crippen molar-refractivity contribution in [3.05, 3.63) is 29.0 Å². The van der Waals surface area contributed by atoms with Gasteiger partial charge in [0, 0.05) is 19.3 Å². The van der Waals surface area contributed by atoms with Crippen molar-refractivity contribution in [2.45, 2.75) is 38.2 Å². The van der Waals surface area contributed by atoms with E-state index in [1.54, 1.807) is 12.3 Å². The number of guanidine groups is 1. The first kappa shape index (κ1) is 19.4. The molecule has 0 aromatic carbocycles. The number of nitrogens with one attached hydrogen (secondary N) is 2. The summed E-state index contributed by atoms with van der Waals surface area (Å²) >= 11 is 5.76. The maximum atomic E-state index is 10.1. The molecule has 3 N–H and O–H groups in total. The maximum absolute atomic E-state index is 10.1. The van der Waals surface area contributed by atoms with Crippen LogP contribution in [0.4, 0.5) is 0 Å². The molecule has 0 unspecified atom stereocenters. The Hall–Kier alpha value is -0.600. The lowest BCUT2D eigenvalue weighted by molar-refractivity contribution is -0.0236. The molecule has 0 radical (unpaired) electrons. The van der Waals surface area contributed by atoms with Crippen LogP contribution in [0.15, 0.2) is 23.3 Å². The average Bonchev–Trinajstić information content (AvgIpc) is 2.45. The van der Waals surface area contributed by atoms with Crippen LogP contribution >= 0.6 is 35.6 Å². The number of aliphatic imine (C=N–C) groups is 1. The van der Waals surface area contributed by atoms with Crippen LogP contribution in [0.25, 0.3) is 0 Å². The van der Waals surface area contributed by atoms with E-state index in [2.05, 4.69) is 20.6 Å². The highest BCUT2D eigenvalue weighted by atomic mass is 127. The van der Waals surface area contributed by atoms with Gasteiger partial charge in [0.15, 0.2) is 5.96 Å². The molecule has 0 amide bonds. The first-order chi connectivity index (χ1) is 10.1. The van der Waals surface area contributed by atoms with Crippen molar-refractivity contribution in [1.82, 2.24) is 15.6 Å². The fraction of sp³-hybridized carbons (Fsp3) is 0.600. The van der Waals surface area contributed by atoms with E-state index in [1.807, 2.05) is 13.0 Å². The topological polar surface area (TPSA) is 69.5 Å². The molecule has 0 spiro atoms. The van der Waals surface area contributed by atoms with Crippen molar-refractivity contribution in [3.63, 3.8) is 0 Å². The predicted octanol–water partition coefficient (Wildman–Crippen LogP) is 2.37. The maximum Gasteiger partial charge on any atom is 0.191 e. The zero-order chi connectivity index (χ0) is 15.1. The largest absolute Gasteiger partial charge is 0.388 e. The molecule has 5 nitrogen and oxygen atoms in total. The third-order valence-corrected chi connectivity index (χ3v) is 3.88. The van der Waals surface area contributed by atoms with Gasteiger partial charge in [0.2, 0.25) is 0 Å². The van der Waals surface area contributed by atoms with Gasteiger partial charge in [-0.3, -0.25) is 4.99 Å². The van der Waals surface area contributed by atoms with Gasteiger partial charge in [-0.1, -0.05) is 17.7 Å². The Morgan fingerprint density at radius 1 is 1.41 bits per heavy atom. The van der Waals surface area contributed by atoms with Crippen molar-refractivity contribution in [1.29, 1.82) is 0 Å². The lowest BCUT2D eigenvalue weighted by Gasteiger charge is -2.35. The van der Waals surface area contributed by atoms with Crippen LogP contribution in [0, 0.1) is 0 Å². The fourth-order valence-electron chi connectivity index (χ4n) is 2.19. The highest BCUT2D eigenvalue weighted by Crippen LogP contribution is 2.31. The first-order valence-corrected chi connectivity index (χ1v) is 7.84. The number of hydrogen-bond donors (Lipinski definition) is 3. The molecule has 1 aliphatic rings. The summed E-state index contributed by atoms with van der Waals surface area (Å²) < 4.78 is 0. The summed E-state index contributed by atoms with van der Waals surface area (Å²) in [6, 6.07) is 3.76. The van der Waals surface area contributed by atoms with Gasteiger partial charge in [0.05, 0.1) is 12.1 Å². The normalized spacial score (nSPS) is 16.4. The van der Waals surface area contributed by atoms with Gasteiger partial charge in [-0.25, -0.2) is 4.98 Å². The number of halogens is 2. The van der Waals surface area contributed by atoms with Gasteiger partial charge < -0.3 is 15.7 Å². The summed E-state index contributed by atoms with van der Waals surface area (Å²) in [5.74, 6) is 0.750. The fourth-order valence-corrected chi connectivity index (χ4v) is 2.30. The minimum absolute atomic E-state index is 0.